The van der Waals surface area contributed by atoms with Gasteiger partial charge in [0.1, 0.15) is 0 Å². The van der Waals surface area contributed by atoms with Gasteiger partial charge in [-0.25, -0.2) is 0 Å². The van der Waals surface area contributed by atoms with Gasteiger partial charge in [0.15, 0.2) is 11.5 Å². The van der Waals surface area contributed by atoms with Gasteiger partial charge in [0.25, 0.3) is 0 Å². The van der Waals surface area contributed by atoms with E-state index >= 15 is 0 Å². The Morgan fingerprint density at radius 3 is 2.44 bits per heavy atom. The number of hydrogen-bond donors (Lipinski definition) is 0. The Morgan fingerprint density at radius 1 is 1.12 bits per heavy atom. The summed E-state index contributed by atoms with van der Waals surface area (Å²) < 4.78 is 11.6. The van der Waals surface area contributed by atoms with Crippen LogP contribution in [0.15, 0.2) is 55.1 Å². The number of nitriles is 1. The summed E-state index contributed by atoms with van der Waals surface area (Å²) >= 11 is 0. The van der Waals surface area contributed by atoms with Crippen molar-refractivity contribution < 1.29 is 9.47 Å². The Hall–Kier alpha value is -2.99. The Labute approximate surface area is 149 Å². The van der Waals surface area contributed by atoms with Gasteiger partial charge in [-0.3, -0.25) is 0 Å². The molecule has 128 valence electrons. The number of nitrogens with zero attached hydrogens (tertiary/aromatic N) is 1. The maximum atomic E-state index is 9.53. The molecule has 0 bridgehead atoms. The monoisotopic (exact) mass is 333 g/mol. The van der Waals surface area contributed by atoms with Crippen LogP contribution in [-0.4, -0.2) is 13.2 Å². The minimum absolute atomic E-state index is 0.546. The second-order valence-electron chi connectivity index (χ2n) is 5.40. The van der Waals surface area contributed by atoms with Crippen LogP contribution in [0, 0.1) is 11.3 Å². The number of benzene rings is 2. The molecule has 0 unspecified atom stereocenters. The molecular weight excluding hydrogens is 310 g/mol. The maximum Gasteiger partial charge on any atom is 0.164 e. The minimum Gasteiger partial charge on any atom is -0.490 e. The molecule has 0 fully saturated rings. The second kappa shape index (κ2) is 9.34. The van der Waals surface area contributed by atoms with Crippen LogP contribution >= 0.6 is 0 Å². The van der Waals surface area contributed by atoms with E-state index in [-0.39, 0.29) is 0 Å². The smallest absolute Gasteiger partial charge is 0.164 e. The molecule has 0 N–H and O–H groups in total. The standard InChI is InChI=1S/C22H23NO2/c1-4-10-19-13-17(15-21(24-5-2)22(19)25-6-3)14-20(16-23)18-11-8-7-9-12-18/h4,7-9,11-15H,1,5-6,10H2,2-3H3/b20-14+. The van der Waals surface area contributed by atoms with E-state index in [1.807, 2.05) is 68.5 Å². The van der Waals surface area contributed by atoms with Crippen molar-refractivity contribution in [2.45, 2.75) is 20.3 Å². The van der Waals surface area contributed by atoms with E-state index in [4.69, 9.17) is 9.47 Å². The quantitative estimate of drug-likeness (QED) is 0.375. The third kappa shape index (κ3) is 4.74. The van der Waals surface area contributed by atoms with Crippen LogP contribution in [0.2, 0.25) is 0 Å². The summed E-state index contributed by atoms with van der Waals surface area (Å²) in [6, 6.07) is 15.9. The van der Waals surface area contributed by atoms with Crippen LogP contribution in [0.3, 0.4) is 0 Å². The van der Waals surface area contributed by atoms with E-state index in [1.165, 1.54) is 0 Å². The first-order chi connectivity index (χ1) is 12.2. The van der Waals surface area contributed by atoms with E-state index in [2.05, 4.69) is 12.6 Å². The van der Waals surface area contributed by atoms with Crippen molar-refractivity contribution in [2.75, 3.05) is 13.2 Å². The topological polar surface area (TPSA) is 42.2 Å². The first-order valence-electron chi connectivity index (χ1n) is 8.44. The molecule has 0 amide bonds. The van der Waals surface area contributed by atoms with Crippen molar-refractivity contribution >= 4 is 11.6 Å². The van der Waals surface area contributed by atoms with Crippen LogP contribution in [0.4, 0.5) is 0 Å². The highest BCUT2D eigenvalue weighted by Gasteiger charge is 2.13. The molecule has 0 radical (unpaired) electrons. The Morgan fingerprint density at radius 2 is 1.84 bits per heavy atom. The summed E-state index contributed by atoms with van der Waals surface area (Å²) in [5, 5.41) is 9.53. The van der Waals surface area contributed by atoms with Crippen LogP contribution in [0.1, 0.15) is 30.5 Å². The fourth-order valence-electron chi connectivity index (χ4n) is 2.61. The molecule has 0 aromatic heterocycles. The van der Waals surface area contributed by atoms with E-state index < -0.39 is 0 Å². The van der Waals surface area contributed by atoms with Crippen LogP contribution in [0.25, 0.3) is 11.6 Å². The summed E-state index contributed by atoms with van der Waals surface area (Å²) in [6.45, 7) is 8.82. The number of ether oxygens (including phenoxy) is 2. The van der Waals surface area contributed by atoms with E-state index in [0.29, 0.717) is 31.0 Å². The number of rotatable bonds is 8. The third-order valence-electron chi connectivity index (χ3n) is 3.62. The van der Waals surface area contributed by atoms with Gasteiger partial charge in [-0.1, -0.05) is 36.4 Å². The van der Waals surface area contributed by atoms with Gasteiger partial charge in [0.05, 0.1) is 24.9 Å². The molecule has 0 aliphatic rings. The lowest BCUT2D eigenvalue weighted by atomic mass is 10.0. The van der Waals surface area contributed by atoms with Crippen molar-refractivity contribution in [3.63, 3.8) is 0 Å². The van der Waals surface area contributed by atoms with Gasteiger partial charge in [0.2, 0.25) is 0 Å². The van der Waals surface area contributed by atoms with Crippen LogP contribution < -0.4 is 9.47 Å². The van der Waals surface area contributed by atoms with Crippen molar-refractivity contribution in [1.29, 1.82) is 5.26 Å². The van der Waals surface area contributed by atoms with Gasteiger partial charge in [-0.2, -0.15) is 5.26 Å². The molecule has 3 heteroatoms. The lowest BCUT2D eigenvalue weighted by molar-refractivity contribution is 0.285. The van der Waals surface area contributed by atoms with E-state index in [9.17, 15) is 5.26 Å². The molecule has 2 aromatic rings. The fraction of sp³-hybridized carbons (Fsp3) is 0.227. The minimum atomic E-state index is 0.546. The van der Waals surface area contributed by atoms with Gasteiger partial charge < -0.3 is 9.47 Å². The molecule has 0 heterocycles. The van der Waals surface area contributed by atoms with Gasteiger partial charge in [-0.15, -0.1) is 6.58 Å². The van der Waals surface area contributed by atoms with Crippen LogP contribution in [-0.2, 0) is 6.42 Å². The van der Waals surface area contributed by atoms with Crippen molar-refractivity contribution in [2.24, 2.45) is 0 Å². The second-order valence-corrected chi connectivity index (χ2v) is 5.40. The van der Waals surface area contributed by atoms with E-state index in [1.54, 1.807) is 0 Å². The zero-order valence-corrected chi connectivity index (χ0v) is 14.8. The summed E-state index contributed by atoms with van der Waals surface area (Å²) in [4.78, 5) is 0. The Bertz CT molecular complexity index is 786. The molecule has 0 aliphatic carbocycles. The Balaban J connectivity index is 2.55. The molecule has 3 nitrogen and oxygen atoms in total. The average Bonchev–Trinajstić information content (AvgIpc) is 2.63. The first-order valence-corrected chi connectivity index (χ1v) is 8.44. The zero-order valence-electron chi connectivity index (χ0n) is 14.8. The Kier molecular flexibility index (Phi) is 6.86. The predicted octanol–water partition coefficient (Wildman–Crippen LogP) is 5.28. The number of hydrogen-bond acceptors (Lipinski definition) is 3. The zero-order chi connectivity index (χ0) is 18.1. The highest BCUT2D eigenvalue weighted by molar-refractivity contribution is 5.90. The highest BCUT2D eigenvalue weighted by atomic mass is 16.5. The van der Waals surface area contributed by atoms with Crippen molar-refractivity contribution in [3.8, 4) is 17.6 Å². The van der Waals surface area contributed by atoms with Gasteiger partial charge in [-0.05, 0) is 49.6 Å². The number of allylic oxidation sites excluding steroid dienone is 2. The first kappa shape index (κ1) is 18.4. The van der Waals surface area contributed by atoms with Crippen LogP contribution in [0.5, 0.6) is 11.5 Å². The van der Waals surface area contributed by atoms with E-state index in [0.717, 1.165) is 22.4 Å². The molecule has 2 aromatic carbocycles. The largest absolute Gasteiger partial charge is 0.490 e. The molecule has 0 atom stereocenters. The molecule has 2 rings (SSSR count). The predicted molar refractivity (Wildman–Crippen MR) is 103 cm³/mol. The summed E-state index contributed by atoms with van der Waals surface area (Å²) in [5.74, 6) is 1.44. The molecule has 0 saturated heterocycles. The lowest BCUT2D eigenvalue weighted by Crippen LogP contribution is -2.02. The fourth-order valence-corrected chi connectivity index (χ4v) is 2.61. The maximum absolute atomic E-state index is 9.53. The highest BCUT2D eigenvalue weighted by Crippen LogP contribution is 2.35. The van der Waals surface area contributed by atoms with Crippen molar-refractivity contribution in [1.82, 2.24) is 0 Å². The summed E-state index contributed by atoms with van der Waals surface area (Å²) in [7, 11) is 0. The van der Waals surface area contributed by atoms with Gasteiger partial charge >= 0.3 is 0 Å². The molecule has 0 spiro atoms. The summed E-state index contributed by atoms with van der Waals surface area (Å²) in [5.41, 5.74) is 3.41. The average molecular weight is 333 g/mol. The normalized spacial score (nSPS) is 10.8. The van der Waals surface area contributed by atoms with Gasteiger partial charge in [0, 0.05) is 5.56 Å². The molecule has 0 aliphatic heterocycles. The molecule has 0 saturated carbocycles. The third-order valence-corrected chi connectivity index (χ3v) is 3.62. The molecule has 25 heavy (non-hydrogen) atoms. The summed E-state index contributed by atoms with van der Waals surface area (Å²) in [6.07, 6.45) is 4.38. The SMILES string of the molecule is C=CCc1cc(/C=C(\C#N)c2ccccc2)cc(OCC)c1OCC. The van der Waals surface area contributed by atoms with Crippen molar-refractivity contribution in [3.05, 3.63) is 71.8 Å². The lowest BCUT2D eigenvalue weighted by Gasteiger charge is -2.16. The molecular formula is C22H23NO2.